The van der Waals surface area contributed by atoms with Crippen LogP contribution in [0.1, 0.15) is 31.2 Å². The van der Waals surface area contributed by atoms with Crippen molar-refractivity contribution in [3.05, 3.63) is 36.4 Å². The Morgan fingerprint density at radius 2 is 1.92 bits per heavy atom. The highest BCUT2D eigenvalue weighted by Gasteiger charge is 2.21. The first-order valence-corrected chi connectivity index (χ1v) is 9.09. The summed E-state index contributed by atoms with van der Waals surface area (Å²) in [6.45, 7) is 4.42. The lowest BCUT2D eigenvalue weighted by molar-refractivity contribution is -0.125. The number of rotatable bonds is 10. The first-order chi connectivity index (χ1) is 12.6. The van der Waals surface area contributed by atoms with Gasteiger partial charge in [0.2, 0.25) is 5.91 Å². The van der Waals surface area contributed by atoms with Gasteiger partial charge in [0.1, 0.15) is 0 Å². The summed E-state index contributed by atoms with van der Waals surface area (Å²) in [6.07, 6.45) is 6.76. The Balaban J connectivity index is 1.68. The van der Waals surface area contributed by atoms with E-state index in [1.54, 1.807) is 13.2 Å². The van der Waals surface area contributed by atoms with Crippen molar-refractivity contribution in [2.75, 3.05) is 26.8 Å². The van der Waals surface area contributed by atoms with Crippen LogP contribution in [0.3, 0.4) is 0 Å². The number of hydrogen-bond acceptors (Lipinski definition) is 4. The lowest BCUT2D eigenvalue weighted by Crippen LogP contribution is -2.38. The Morgan fingerprint density at radius 3 is 2.62 bits per heavy atom. The molecule has 1 aromatic rings. The zero-order valence-electron chi connectivity index (χ0n) is 15.4. The van der Waals surface area contributed by atoms with Gasteiger partial charge in [0.15, 0.2) is 18.1 Å². The minimum absolute atomic E-state index is 0.0948. The van der Waals surface area contributed by atoms with E-state index in [1.165, 1.54) is 0 Å². The molecule has 26 heavy (non-hydrogen) atoms. The van der Waals surface area contributed by atoms with Crippen molar-refractivity contribution in [3.63, 3.8) is 0 Å². The van der Waals surface area contributed by atoms with E-state index in [1.807, 2.05) is 18.2 Å². The number of amides is 2. The van der Waals surface area contributed by atoms with Crippen LogP contribution in [0.2, 0.25) is 0 Å². The Bertz CT molecular complexity index is 624. The predicted octanol–water partition coefficient (Wildman–Crippen LogP) is 2.23. The molecule has 2 rings (SSSR count). The Morgan fingerprint density at radius 1 is 1.19 bits per heavy atom. The molecular weight excluding hydrogens is 332 g/mol. The maximum atomic E-state index is 11.9. The van der Waals surface area contributed by atoms with Crippen LogP contribution in [0.4, 0.5) is 0 Å². The molecular formula is C20H28N2O4. The van der Waals surface area contributed by atoms with Gasteiger partial charge in [-0.15, -0.1) is 6.58 Å². The molecule has 2 amide bonds. The standard InChI is InChI=1S/C20H28N2O4/c1-3-6-15-9-10-17(18(13-15)25-2)26-14-19(23)21-11-12-22-20(24)16-7-4-5-8-16/h3,9-10,13,16H,1,4-8,11-12,14H2,2H3,(H,21,23)(H,22,24). The predicted molar refractivity (Wildman–Crippen MR) is 100 cm³/mol. The number of benzene rings is 1. The van der Waals surface area contributed by atoms with Crippen molar-refractivity contribution in [2.24, 2.45) is 5.92 Å². The second-order valence-electron chi connectivity index (χ2n) is 6.39. The number of ether oxygens (including phenoxy) is 2. The van der Waals surface area contributed by atoms with Gasteiger partial charge in [-0.25, -0.2) is 0 Å². The summed E-state index contributed by atoms with van der Waals surface area (Å²) in [5, 5.41) is 5.60. The van der Waals surface area contributed by atoms with E-state index in [2.05, 4.69) is 17.2 Å². The van der Waals surface area contributed by atoms with Crippen LogP contribution in [0.15, 0.2) is 30.9 Å². The van der Waals surface area contributed by atoms with E-state index >= 15 is 0 Å². The van der Waals surface area contributed by atoms with Gasteiger partial charge in [0, 0.05) is 19.0 Å². The lowest BCUT2D eigenvalue weighted by Gasteiger charge is -2.13. The third-order valence-corrected chi connectivity index (χ3v) is 4.44. The van der Waals surface area contributed by atoms with Gasteiger partial charge in [0.25, 0.3) is 5.91 Å². The highest BCUT2D eigenvalue weighted by atomic mass is 16.5. The van der Waals surface area contributed by atoms with Crippen LogP contribution < -0.4 is 20.1 Å². The average Bonchev–Trinajstić information content (AvgIpc) is 3.19. The summed E-state index contributed by atoms with van der Waals surface area (Å²) in [7, 11) is 1.56. The summed E-state index contributed by atoms with van der Waals surface area (Å²) in [5.74, 6) is 1.10. The van der Waals surface area contributed by atoms with Gasteiger partial charge in [-0.05, 0) is 37.0 Å². The molecule has 0 saturated heterocycles. The highest BCUT2D eigenvalue weighted by molar-refractivity contribution is 5.79. The van der Waals surface area contributed by atoms with E-state index in [4.69, 9.17) is 9.47 Å². The fraction of sp³-hybridized carbons (Fsp3) is 0.500. The van der Waals surface area contributed by atoms with Crippen LogP contribution in [-0.4, -0.2) is 38.6 Å². The summed E-state index contributed by atoms with van der Waals surface area (Å²) in [5.41, 5.74) is 1.06. The van der Waals surface area contributed by atoms with Gasteiger partial charge in [-0.3, -0.25) is 9.59 Å². The summed E-state index contributed by atoms with van der Waals surface area (Å²) in [6, 6.07) is 5.57. The molecule has 6 nitrogen and oxygen atoms in total. The van der Waals surface area contributed by atoms with Crippen molar-refractivity contribution in [2.45, 2.75) is 32.1 Å². The van der Waals surface area contributed by atoms with Gasteiger partial charge >= 0.3 is 0 Å². The topological polar surface area (TPSA) is 76.7 Å². The van der Waals surface area contributed by atoms with Crippen LogP contribution in [0.25, 0.3) is 0 Å². The number of hydrogen-bond donors (Lipinski definition) is 2. The lowest BCUT2D eigenvalue weighted by atomic mass is 10.1. The van der Waals surface area contributed by atoms with Crippen LogP contribution in [0.5, 0.6) is 11.5 Å². The van der Waals surface area contributed by atoms with E-state index in [-0.39, 0.29) is 24.3 Å². The third kappa shape index (κ3) is 6.10. The Kier molecular flexibility index (Phi) is 7.99. The van der Waals surface area contributed by atoms with Crippen molar-refractivity contribution >= 4 is 11.8 Å². The normalized spacial score (nSPS) is 13.9. The first kappa shape index (κ1) is 19.8. The average molecular weight is 360 g/mol. The maximum Gasteiger partial charge on any atom is 0.258 e. The molecule has 1 fully saturated rings. The maximum absolute atomic E-state index is 11.9. The first-order valence-electron chi connectivity index (χ1n) is 9.09. The van der Waals surface area contributed by atoms with E-state index in [9.17, 15) is 9.59 Å². The summed E-state index contributed by atoms with van der Waals surface area (Å²) in [4.78, 5) is 23.8. The van der Waals surface area contributed by atoms with Crippen LogP contribution in [0, 0.1) is 5.92 Å². The molecule has 0 radical (unpaired) electrons. The molecule has 1 aliphatic rings. The highest BCUT2D eigenvalue weighted by Crippen LogP contribution is 2.28. The van der Waals surface area contributed by atoms with Crippen LogP contribution in [-0.2, 0) is 16.0 Å². The van der Waals surface area contributed by atoms with E-state index < -0.39 is 0 Å². The smallest absolute Gasteiger partial charge is 0.258 e. The van der Waals surface area contributed by atoms with E-state index in [0.717, 1.165) is 37.7 Å². The Hall–Kier alpha value is -2.50. The molecule has 142 valence electrons. The fourth-order valence-corrected chi connectivity index (χ4v) is 3.04. The molecule has 0 aliphatic heterocycles. The zero-order chi connectivity index (χ0) is 18.8. The van der Waals surface area contributed by atoms with Gasteiger partial charge in [-0.2, -0.15) is 0 Å². The fourth-order valence-electron chi connectivity index (χ4n) is 3.04. The number of nitrogens with one attached hydrogen (secondary N) is 2. The Labute approximate surface area is 154 Å². The zero-order valence-corrected chi connectivity index (χ0v) is 15.4. The number of methoxy groups -OCH3 is 1. The molecule has 0 heterocycles. The quantitative estimate of drug-likeness (QED) is 0.495. The van der Waals surface area contributed by atoms with Crippen molar-refractivity contribution in [1.29, 1.82) is 0 Å². The monoisotopic (exact) mass is 360 g/mol. The second-order valence-corrected chi connectivity index (χ2v) is 6.39. The number of allylic oxidation sites excluding steroid dienone is 1. The molecule has 1 aliphatic carbocycles. The molecule has 0 atom stereocenters. The molecule has 1 aromatic carbocycles. The molecule has 0 aromatic heterocycles. The molecule has 6 heteroatoms. The molecule has 2 N–H and O–H groups in total. The SMILES string of the molecule is C=CCc1ccc(OCC(=O)NCCNC(=O)C2CCCC2)c(OC)c1. The van der Waals surface area contributed by atoms with Crippen molar-refractivity contribution in [3.8, 4) is 11.5 Å². The third-order valence-electron chi connectivity index (χ3n) is 4.44. The van der Waals surface area contributed by atoms with E-state index in [0.29, 0.717) is 24.6 Å². The minimum atomic E-state index is -0.239. The minimum Gasteiger partial charge on any atom is -0.493 e. The van der Waals surface area contributed by atoms with Gasteiger partial charge < -0.3 is 20.1 Å². The van der Waals surface area contributed by atoms with Crippen molar-refractivity contribution < 1.29 is 19.1 Å². The van der Waals surface area contributed by atoms with Crippen LogP contribution >= 0.6 is 0 Å². The number of carbonyl (C=O) groups excluding carboxylic acids is 2. The largest absolute Gasteiger partial charge is 0.493 e. The molecule has 0 spiro atoms. The summed E-state index contributed by atoms with van der Waals surface area (Å²) < 4.78 is 10.8. The molecule has 0 bridgehead atoms. The molecule has 1 saturated carbocycles. The number of carbonyl (C=O) groups is 2. The molecule has 0 unspecified atom stereocenters. The van der Waals surface area contributed by atoms with Gasteiger partial charge in [-0.1, -0.05) is 25.0 Å². The second kappa shape index (κ2) is 10.5. The van der Waals surface area contributed by atoms with Crippen molar-refractivity contribution in [1.82, 2.24) is 10.6 Å². The van der Waals surface area contributed by atoms with Gasteiger partial charge in [0.05, 0.1) is 7.11 Å². The summed E-state index contributed by atoms with van der Waals surface area (Å²) >= 11 is 0.